The molecule has 3 heterocycles. The lowest BCUT2D eigenvalue weighted by atomic mass is 10.2. The largest absolute Gasteiger partial charge is 0.490 e. The summed E-state index contributed by atoms with van der Waals surface area (Å²) in [6.45, 7) is 2.98. The van der Waals surface area contributed by atoms with Gasteiger partial charge in [0.25, 0.3) is 5.91 Å². The van der Waals surface area contributed by atoms with Crippen molar-refractivity contribution in [3.05, 3.63) is 18.2 Å². The highest BCUT2D eigenvalue weighted by Crippen LogP contribution is 2.33. The quantitative estimate of drug-likeness (QED) is 0.753. The summed E-state index contributed by atoms with van der Waals surface area (Å²) in [4.78, 5) is 14.3. The van der Waals surface area contributed by atoms with Crippen LogP contribution in [0.1, 0.15) is 19.3 Å². The van der Waals surface area contributed by atoms with Crippen molar-refractivity contribution in [2.24, 2.45) is 0 Å². The van der Waals surface area contributed by atoms with Gasteiger partial charge in [0.1, 0.15) is 6.10 Å². The third-order valence-corrected chi connectivity index (χ3v) is 7.01. The predicted octanol–water partition coefficient (Wildman–Crippen LogP) is 0.860. The number of amides is 1. The maximum atomic E-state index is 13.0. The second-order valence-corrected chi connectivity index (χ2v) is 8.83. The lowest BCUT2D eigenvalue weighted by molar-refractivity contribution is -0.142. The Labute approximate surface area is 159 Å². The second-order valence-electron chi connectivity index (χ2n) is 6.89. The topological polar surface area (TPSA) is 85.4 Å². The zero-order valence-electron chi connectivity index (χ0n) is 15.1. The lowest BCUT2D eigenvalue weighted by Crippen LogP contribution is -2.52. The number of nitrogens with zero attached hydrogens (tertiary/aromatic N) is 2. The van der Waals surface area contributed by atoms with E-state index in [9.17, 15) is 13.2 Å². The molecule has 0 saturated carbocycles. The molecule has 0 aliphatic carbocycles. The number of hydrogen-bond donors (Lipinski definition) is 0. The van der Waals surface area contributed by atoms with E-state index in [-0.39, 0.29) is 30.0 Å². The van der Waals surface area contributed by atoms with Crippen LogP contribution in [0.3, 0.4) is 0 Å². The fraction of sp³-hybridized carbons (Fsp3) is 0.611. The molecule has 3 aliphatic rings. The molecule has 27 heavy (non-hydrogen) atoms. The van der Waals surface area contributed by atoms with E-state index < -0.39 is 10.0 Å². The predicted molar refractivity (Wildman–Crippen MR) is 96.4 cm³/mol. The zero-order chi connectivity index (χ0) is 18.9. The first kappa shape index (κ1) is 18.5. The molecular formula is C18H24N2O6S. The Morgan fingerprint density at radius 2 is 1.70 bits per heavy atom. The molecule has 1 atom stereocenters. The molecule has 2 saturated heterocycles. The Balaban J connectivity index is 1.44. The molecule has 4 rings (SSSR count). The molecule has 0 unspecified atom stereocenters. The van der Waals surface area contributed by atoms with Gasteiger partial charge in [-0.3, -0.25) is 4.79 Å². The Morgan fingerprint density at radius 3 is 2.41 bits per heavy atom. The van der Waals surface area contributed by atoms with Gasteiger partial charge in [0.05, 0.1) is 18.1 Å². The van der Waals surface area contributed by atoms with Crippen LogP contribution >= 0.6 is 0 Å². The van der Waals surface area contributed by atoms with E-state index in [0.29, 0.717) is 44.4 Å². The molecule has 148 valence electrons. The number of carbonyl (C=O) groups is 1. The van der Waals surface area contributed by atoms with Gasteiger partial charge in [-0.25, -0.2) is 8.42 Å². The van der Waals surface area contributed by atoms with E-state index in [2.05, 4.69) is 0 Å². The number of carbonyl (C=O) groups excluding carboxylic acids is 1. The summed E-state index contributed by atoms with van der Waals surface area (Å²) in [5.74, 6) is 0.999. The smallest absolute Gasteiger partial charge is 0.251 e. The third-order valence-electron chi connectivity index (χ3n) is 5.11. The molecule has 2 fully saturated rings. The van der Waals surface area contributed by atoms with E-state index in [1.54, 1.807) is 17.0 Å². The van der Waals surface area contributed by atoms with Crippen molar-refractivity contribution in [3.8, 4) is 11.5 Å². The first-order valence-electron chi connectivity index (χ1n) is 9.36. The fourth-order valence-electron chi connectivity index (χ4n) is 3.58. The minimum atomic E-state index is -3.65. The van der Waals surface area contributed by atoms with E-state index in [1.807, 2.05) is 0 Å². The van der Waals surface area contributed by atoms with Crippen molar-refractivity contribution in [2.75, 3.05) is 46.0 Å². The third kappa shape index (κ3) is 3.76. The van der Waals surface area contributed by atoms with Gasteiger partial charge in [-0.1, -0.05) is 0 Å². The molecular weight excluding hydrogens is 372 g/mol. The Bertz CT molecular complexity index is 798. The highest BCUT2D eigenvalue weighted by Gasteiger charge is 2.34. The number of fused-ring (bicyclic) bond motifs is 1. The maximum Gasteiger partial charge on any atom is 0.251 e. The van der Waals surface area contributed by atoms with Gasteiger partial charge in [0, 0.05) is 45.3 Å². The average Bonchev–Trinajstić information content (AvgIpc) is 3.12. The van der Waals surface area contributed by atoms with Crippen molar-refractivity contribution in [1.82, 2.24) is 9.21 Å². The van der Waals surface area contributed by atoms with Crippen LogP contribution in [0.15, 0.2) is 23.1 Å². The lowest BCUT2D eigenvalue weighted by Gasteiger charge is -2.35. The molecule has 1 amide bonds. The zero-order valence-corrected chi connectivity index (χ0v) is 15.9. The van der Waals surface area contributed by atoms with Crippen molar-refractivity contribution >= 4 is 15.9 Å². The van der Waals surface area contributed by atoms with Crippen molar-refractivity contribution in [2.45, 2.75) is 30.3 Å². The number of hydrogen-bond acceptors (Lipinski definition) is 6. The van der Waals surface area contributed by atoms with Crippen molar-refractivity contribution < 1.29 is 27.4 Å². The molecule has 9 heteroatoms. The van der Waals surface area contributed by atoms with E-state index in [1.165, 1.54) is 10.4 Å². The first-order valence-corrected chi connectivity index (χ1v) is 10.8. The van der Waals surface area contributed by atoms with Crippen LogP contribution in [-0.4, -0.2) is 75.6 Å². The number of rotatable bonds is 3. The molecule has 0 aromatic heterocycles. The molecule has 0 radical (unpaired) electrons. The highest BCUT2D eigenvalue weighted by atomic mass is 32.2. The standard InChI is InChI=1S/C18H24N2O6S/c21-18(16-3-1-10-25-16)19-6-8-20(9-7-19)27(22,23)14-4-5-15-17(13-14)26-12-2-11-24-15/h4-5,13,16H,1-3,6-12H2/t16-/m0/s1. The van der Waals surface area contributed by atoms with Gasteiger partial charge in [0.15, 0.2) is 11.5 Å². The van der Waals surface area contributed by atoms with Crippen LogP contribution in [0.2, 0.25) is 0 Å². The number of ether oxygens (including phenoxy) is 3. The fourth-order valence-corrected chi connectivity index (χ4v) is 5.02. The Morgan fingerprint density at radius 1 is 0.963 bits per heavy atom. The molecule has 3 aliphatic heterocycles. The molecule has 1 aromatic rings. The number of benzene rings is 1. The summed E-state index contributed by atoms with van der Waals surface area (Å²) in [7, 11) is -3.65. The summed E-state index contributed by atoms with van der Waals surface area (Å²) in [5, 5.41) is 0. The van der Waals surface area contributed by atoms with Crippen LogP contribution in [0, 0.1) is 0 Å². The van der Waals surface area contributed by atoms with Gasteiger partial charge in [-0.2, -0.15) is 4.31 Å². The van der Waals surface area contributed by atoms with Crippen molar-refractivity contribution in [3.63, 3.8) is 0 Å². The van der Waals surface area contributed by atoms with Crippen LogP contribution in [0.25, 0.3) is 0 Å². The molecule has 0 bridgehead atoms. The monoisotopic (exact) mass is 396 g/mol. The van der Waals surface area contributed by atoms with E-state index >= 15 is 0 Å². The summed E-state index contributed by atoms with van der Waals surface area (Å²) >= 11 is 0. The Hall–Kier alpha value is -1.84. The summed E-state index contributed by atoms with van der Waals surface area (Å²) in [6.07, 6.45) is 2.04. The first-order chi connectivity index (χ1) is 13.1. The van der Waals surface area contributed by atoms with Gasteiger partial charge in [-0.05, 0) is 25.0 Å². The SMILES string of the molecule is O=C([C@@H]1CCCO1)N1CCN(S(=O)(=O)c2ccc3c(c2)OCCCO3)CC1. The summed E-state index contributed by atoms with van der Waals surface area (Å²) < 4.78 is 44.0. The molecule has 1 aromatic carbocycles. The van der Waals surface area contributed by atoms with Gasteiger partial charge < -0.3 is 19.1 Å². The normalized spacial score (nSPS) is 23.9. The van der Waals surface area contributed by atoms with Crippen LogP contribution < -0.4 is 9.47 Å². The van der Waals surface area contributed by atoms with E-state index in [4.69, 9.17) is 14.2 Å². The highest BCUT2D eigenvalue weighted by molar-refractivity contribution is 7.89. The van der Waals surface area contributed by atoms with Crippen LogP contribution in [-0.2, 0) is 19.6 Å². The van der Waals surface area contributed by atoms with Gasteiger partial charge >= 0.3 is 0 Å². The summed E-state index contributed by atoms with van der Waals surface area (Å²) in [6, 6.07) is 4.72. The Kier molecular flexibility index (Phi) is 5.25. The second kappa shape index (κ2) is 7.65. The van der Waals surface area contributed by atoms with Crippen molar-refractivity contribution in [1.29, 1.82) is 0 Å². The summed E-state index contributed by atoms with van der Waals surface area (Å²) in [5.41, 5.74) is 0. The van der Waals surface area contributed by atoms with Crippen LogP contribution in [0.4, 0.5) is 0 Å². The number of sulfonamides is 1. The van der Waals surface area contributed by atoms with Crippen LogP contribution in [0.5, 0.6) is 11.5 Å². The molecule has 0 N–H and O–H groups in total. The number of piperazine rings is 1. The van der Waals surface area contributed by atoms with Gasteiger partial charge in [0.2, 0.25) is 10.0 Å². The minimum Gasteiger partial charge on any atom is -0.490 e. The minimum absolute atomic E-state index is 0.0277. The van der Waals surface area contributed by atoms with Gasteiger partial charge in [-0.15, -0.1) is 0 Å². The average molecular weight is 396 g/mol. The maximum absolute atomic E-state index is 13.0. The molecule has 8 nitrogen and oxygen atoms in total. The van der Waals surface area contributed by atoms with E-state index in [0.717, 1.165) is 19.3 Å². The molecule has 0 spiro atoms.